The average Bonchev–Trinajstić information content (AvgIpc) is 2.62. The van der Waals surface area contributed by atoms with E-state index in [1.54, 1.807) is 7.11 Å². The van der Waals surface area contributed by atoms with E-state index in [1.165, 1.54) is 0 Å². The van der Waals surface area contributed by atoms with Crippen LogP contribution >= 0.6 is 0 Å². The second-order valence-corrected chi connectivity index (χ2v) is 6.28. The van der Waals surface area contributed by atoms with E-state index in [-0.39, 0.29) is 0 Å². The molecule has 25 heavy (non-hydrogen) atoms. The first-order valence-corrected chi connectivity index (χ1v) is 8.44. The minimum atomic E-state index is 0.306. The first-order chi connectivity index (χ1) is 12.1. The van der Waals surface area contributed by atoms with Gasteiger partial charge in [0.2, 0.25) is 0 Å². The van der Waals surface area contributed by atoms with Gasteiger partial charge < -0.3 is 9.64 Å². The molecule has 0 fully saturated rings. The molecule has 0 bridgehead atoms. The largest absolute Gasteiger partial charge is 0.497 e. The Balaban J connectivity index is 2.16. The molecule has 0 amide bonds. The van der Waals surface area contributed by atoms with Gasteiger partial charge in [0.05, 0.1) is 18.5 Å². The van der Waals surface area contributed by atoms with Crippen LogP contribution in [0.4, 0.5) is 5.69 Å². The van der Waals surface area contributed by atoms with Crippen molar-refractivity contribution < 1.29 is 4.74 Å². The summed E-state index contributed by atoms with van der Waals surface area (Å²) >= 11 is 0. The molecule has 0 heterocycles. The predicted molar refractivity (Wildman–Crippen MR) is 107 cm³/mol. The normalized spacial score (nSPS) is 13.2. The van der Waals surface area contributed by atoms with Crippen LogP contribution in [0.5, 0.6) is 5.75 Å². The van der Waals surface area contributed by atoms with Gasteiger partial charge >= 0.3 is 0 Å². The van der Waals surface area contributed by atoms with Gasteiger partial charge in [0.15, 0.2) is 0 Å². The molecule has 0 aliphatic heterocycles. The van der Waals surface area contributed by atoms with Crippen LogP contribution in [0.15, 0.2) is 65.8 Å². The van der Waals surface area contributed by atoms with Crippen molar-refractivity contribution in [1.82, 2.24) is 4.90 Å². The van der Waals surface area contributed by atoms with Crippen LogP contribution in [0.1, 0.15) is 12.5 Å². The Morgan fingerprint density at radius 3 is 2.40 bits per heavy atom. The van der Waals surface area contributed by atoms with E-state index in [1.807, 2.05) is 54.6 Å². The van der Waals surface area contributed by atoms with Crippen LogP contribution in [0.25, 0.3) is 6.08 Å². The zero-order valence-electron chi connectivity index (χ0n) is 15.4. The number of methoxy groups -OCH3 is 1. The van der Waals surface area contributed by atoms with E-state index < -0.39 is 0 Å². The smallest absolute Gasteiger partial charge is 0.118 e. The molecule has 1 atom stereocenters. The van der Waals surface area contributed by atoms with Crippen molar-refractivity contribution in [1.29, 1.82) is 0 Å². The van der Waals surface area contributed by atoms with E-state index in [9.17, 15) is 0 Å². The van der Waals surface area contributed by atoms with E-state index in [2.05, 4.69) is 48.6 Å². The molecule has 2 aromatic carbocycles. The zero-order valence-corrected chi connectivity index (χ0v) is 15.4. The van der Waals surface area contributed by atoms with Gasteiger partial charge in [-0.3, -0.25) is 5.43 Å². The summed E-state index contributed by atoms with van der Waals surface area (Å²) in [5, 5.41) is 4.62. The van der Waals surface area contributed by atoms with E-state index in [0.29, 0.717) is 5.92 Å². The highest BCUT2D eigenvalue weighted by atomic mass is 16.5. The van der Waals surface area contributed by atoms with Crippen LogP contribution < -0.4 is 10.2 Å². The molecule has 0 aliphatic rings. The van der Waals surface area contributed by atoms with E-state index in [0.717, 1.165) is 29.3 Å². The molecular formula is C21H27N3O. The number of hydrogen-bond donors (Lipinski definition) is 1. The standard InChI is InChI=1S/C21H27N3O/c1-17(16-24(2)3)21(23-22-19-8-6-5-7-9-19)15-12-18-10-13-20(25-4)14-11-18/h5-15,17,22H,16H2,1-4H3/b15-12+,23-21-. The van der Waals surface area contributed by atoms with Gasteiger partial charge in [-0.15, -0.1) is 0 Å². The summed E-state index contributed by atoms with van der Waals surface area (Å²) < 4.78 is 5.20. The van der Waals surface area contributed by atoms with Crippen molar-refractivity contribution in [3.63, 3.8) is 0 Å². The molecule has 0 aliphatic carbocycles. The van der Waals surface area contributed by atoms with Crippen LogP contribution in [0, 0.1) is 5.92 Å². The van der Waals surface area contributed by atoms with Crippen LogP contribution in [0.2, 0.25) is 0 Å². The first-order valence-electron chi connectivity index (χ1n) is 8.44. The molecular weight excluding hydrogens is 310 g/mol. The van der Waals surface area contributed by atoms with Gasteiger partial charge in [-0.05, 0) is 50.0 Å². The minimum Gasteiger partial charge on any atom is -0.497 e. The number of hydrazone groups is 1. The van der Waals surface area contributed by atoms with Crippen molar-refractivity contribution in [2.75, 3.05) is 33.2 Å². The maximum atomic E-state index is 5.20. The quantitative estimate of drug-likeness (QED) is 0.574. The Morgan fingerprint density at radius 1 is 1.12 bits per heavy atom. The highest BCUT2D eigenvalue weighted by molar-refractivity contribution is 6.00. The SMILES string of the molecule is COc1ccc(/C=C/C(=N/Nc2ccccc2)C(C)CN(C)C)cc1. The third-order valence-electron chi connectivity index (χ3n) is 3.79. The monoisotopic (exact) mass is 337 g/mol. The predicted octanol–water partition coefficient (Wildman–Crippen LogP) is 4.37. The van der Waals surface area contributed by atoms with Crippen LogP contribution in [-0.2, 0) is 0 Å². The minimum absolute atomic E-state index is 0.306. The number of hydrogen-bond acceptors (Lipinski definition) is 4. The molecule has 0 saturated carbocycles. The Hall–Kier alpha value is -2.59. The van der Waals surface area contributed by atoms with E-state index >= 15 is 0 Å². The molecule has 1 unspecified atom stereocenters. The molecule has 0 saturated heterocycles. The summed E-state index contributed by atoms with van der Waals surface area (Å²) in [7, 11) is 5.83. The maximum absolute atomic E-state index is 5.20. The summed E-state index contributed by atoms with van der Waals surface area (Å²) in [6.45, 7) is 3.12. The number of rotatable bonds is 8. The molecule has 2 rings (SSSR count). The van der Waals surface area contributed by atoms with Gasteiger partial charge in [0.1, 0.15) is 5.75 Å². The molecule has 2 aromatic rings. The lowest BCUT2D eigenvalue weighted by Crippen LogP contribution is -2.25. The van der Waals surface area contributed by atoms with E-state index in [4.69, 9.17) is 4.74 Å². The number of anilines is 1. The third kappa shape index (κ3) is 6.43. The van der Waals surface area contributed by atoms with Crippen molar-refractivity contribution in [3.8, 4) is 5.75 Å². The lowest BCUT2D eigenvalue weighted by atomic mass is 10.0. The summed E-state index contributed by atoms with van der Waals surface area (Å²) in [5.41, 5.74) is 6.26. The molecule has 1 N–H and O–H groups in total. The fraction of sp³-hybridized carbons (Fsp3) is 0.286. The fourth-order valence-corrected chi connectivity index (χ4v) is 2.49. The number of benzene rings is 2. The first kappa shape index (κ1) is 18.7. The van der Waals surface area contributed by atoms with Crippen molar-refractivity contribution >= 4 is 17.5 Å². The second-order valence-electron chi connectivity index (χ2n) is 6.28. The molecule has 4 heteroatoms. The number of nitrogens with zero attached hydrogens (tertiary/aromatic N) is 2. The molecule has 132 valence electrons. The summed E-state index contributed by atoms with van der Waals surface area (Å²) in [6, 6.07) is 18.0. The Kier molecular flexibility index (Phi) is 7.23. The summed E-state index contributed by atoms with van der Waals surface area (Å²) in [4.78, 5) is 2.17. The second kappa shape index (κ2) is 9.64. The highest BCUT2D eigenvalue weighted by Crippen LogP contribution is 2.14. The Labute approximate surface area is 150 Å². The average molecular weight is 337 g/mol. The number of allylic oxidation sites excluding steroid dienone is 1. The van der Waals surface area contributed by atoms with Gasteiger partial charge in [0, 0.05) is 12.5 Å². The summed E-state index contributed by atoms with van der Waals surface area (Å²) in [6.07, 6.45) is 4.16. The molecule has 0 radical (unpaired) electrons. The van der Waals surface area contributed by atoms with Crippen molar-refractivity contribution in [3.05, 3.63) is 66.2 Å². The zero-order chi connectivity index (χ0) is 18.1. The third-order valence-corrected chi connectivity index (χ3v) is 3.79. The number of para-hydroxylation sites is 1. The van der Waals surface area contributed by atoms with Gasteiger partial charge in [0.25, 0.3) is 0 Å². The number of nitrogens with one attached hydrogen (secondary N) is 1. The van der Waals surface area contributed by atoms with Gasteiger partial charge in [-0.1, -0.05) is 43.3 Å². The summed E-state index contributed by atoms with van der Waals surface area (Å²) in [5.74, 6) is 1.17. The number of ether oxygens (including phenoxy) is 1. The Morgan fingerprint density at radius 2 is 1.80 bits per heavy atom. The maximum Gasteiger partial charge on any atom is 0.118 e. The molecule has 0 aromatic heterocycles. The van der Waals surface area contributed by atoms with Crippen LogP contribution in [-0.4, -0.2) is 38.4 Å². The highest BCUT2D eigenvalue weighted by Gasteiger charge is 2.09. The topological polar surface area (TPSA) is 36.9 Å². The molecule has 4 nitrogen and oxygen atoms in total. The van der Waals surface area contributed by atoms with Gasteiger partial charge in [-0.25, -0.2) is 0 Å². The Bertz CT molecular complexity index is 691. The fourth-order valence-electron chi connectivity index (χ4n) is 2.49. The van der Waals surface area contributed by atoms with Crippen molar-refractivity contribution in [2.45, 2.75) is 6.92 Å². The lowest BCUT2D eigenvalue weighted by molar-refractivity contribution is 0.381. The lowest BCUT2D eigenvalue weighted by Gasteiger charge is -2.17. The van der Waals surface area contributed by atoms with Crippen LogP contribution in [0.3, 0.4) is 0 Å². The van der Waals surface area contributed by atoms with Crippen molar-refractivity contribution in [2.24, 2.45) is 11.0 Å². The molecule has 0 spiro atoms. The van der Waals surface area contributed by atoms with Gasteiger partial charge in [-0.2, -0.15) is 5.10 Å².